The van der Waals surface area contributed by atoms with Crippen LogP contribution < -0.4 is 0 Å². The van der Waals surface area contributed by atoms with Gasteiger partial charge in [-0.05, 0) is 5.92 Å². The second-order valence-corrected chi connectivity index (χ2v) is 16.9. The van der Waals surface area contributed by atoms with Crippen LogP contribution in [0.15, 0.2) is 0 Å². The molecule has 0 aromatic carbocycles. The van der Waals surface area contributed by atoms with Gasteiger partial charge in [-0.2, -0.15) is 0 Å². The molecule has 0 radical (unpaired) electrons. The van der Waals surface area contributed by atoms with Crippen molar-refractivity contribution in [1.82, 2.24) is 0 Å². The standard InChI is InChI=1S/C7H14.2BrH.Zn/c1-7-5-3-2-4-6-7;;;/h7H,2-6H2,1H3;2*1H;/q;;;+2/p-2. The summed E-state index contributed by atoms with van der Waals surface area (Å²) in [6, 6.07) is 0. The van der Waals surface area contributed by atoms with Gasteiger partial charge in [-0.15, -0.1) is 0 Å². The molecule has 3 heteroatoms. The number of halogens is 2. The molecule has 0 saturated heterocycles. The van der Waals surface area contributed by atoms with Gasteiger partial charge in [0.2, 0.25) is 0 Å². The monoisotopic (exact) mass is 320 g/mol. The van der Waals surface area contributed by atoms with E-state index in [-0.39, 0.29) is 13.2 Å². The molecule has 1 fully saturated rings. The van der Waals surface area contributed by atoms with Crippen LogP contribution in [-0.4, -0.2) is 0 Å². The zero-order valence-electron chi connectivity index (χ0n) is 6.58. The third-order valence-electron chi connectivity index (χ3n) is 1.89. The van der Waals surface area contributed by atoms with E-state index < -0.39 is 0 Å². The van der Waals surface area contributed by atoms with Crippen LogP contribution in [0.25, 0.3) is 0 Å². The SMILES string of the molecule is CC1CCCCC1.[Br][Zn][Br]. The van der Waals surface area contributed by atoms with Crippen molar-refractivity contribution < 1.29 is 13.2 Å². The van der Waals surface area contributed by atoms with Crippen LogP contribution in [0.2, 0.25) is 0 Å². The minimum atomic E-state index is -0.250. The molecule has 0 nitrogen and oxygen atoms in total. The first-order valence-electron chi connectivity index (χ1n) is 3.93. The molecule has 0 heterocycles. The summed E-state index contributed by atoms with van der Waals surface area (Å²) in [5.74, 6) is 1.04. The van der Waals surface area contributed by atoms with E-state index in [9.17, 15) is 0 Å². The van der Waals surface area contributed by atoms with E-state index >= 15 is 0 Å². The van der Waals surface area contributed by atoms with Crippen molar-refractivity contribution in [3.63, 3.8) is 0 Å². The van der Waals surface area contributed by atoms with Gasteiger partial charge in [-0.1, -0.05) is 39.0 Å². The first kappa shape index (κ1) is 11.6. The van der Waals surface area contributed by atoms with Crippen LogP contribution >= 0.6 is 27.2 Å². The van der Waals surface area contributed by atoms with Crippen LogP contribution in [-0.2, 0) is 13.2 Å². The number of hydrogen-bond donors (Lipinski definition) is 0. The van der Waals surface area contributed by atoms with E-state index in [0.717, 1.165) is 5.92 Å². The third-order valence-corrected chi connectivity index (χ3v) is 1.89. The quantitative estimate of drug-likeness (QED) is 0.584. The molecule has 0 N–H and O–H groups in total. The molecule has 1 saturated carbocycles. The van der Waals surface area contributed by atoms with Gasteiger partial charge in [0.25, 0.3) is 0 Å². The Bertz CT molecular complexity index is 62.6. The van der Waals surface area contributed by atoms with Gasteiger partial charge in [0.05, 0.1) is 0 Å². The molecule has 1 rings (SSSR count). The summed E-state index contributed by atoms with van der Waals surface area (Å²) < 4.78 is 0. The van der Waals surface area contributed by atoms with Crippen LogP contribution in [0.5, 0.6) is 0 Å². The Morgan fingerprint density at radius 3 is 1.70 bits per heavy atom. The van der Waals surface area contributed by atoms with Crippen LogP contribution in [0, 0.1) is 5.92 Å². The summed E-state index contributed by atoms with van der Waals surface area (Å²) >= 11 is 6.25. The van der Waals surface area contributed by atoms with Crippen molar-refractivity contribution in [3.05, 3.63) is 0 Å². The Morgan fingerprint density at radius 2 is 1.50 bits per heavy atom. The van der Waals surface area contributed by atoms with E-state index in [1.807, 2.05) is 0 Å². The number of hydrogen-bond acceptors (Lipinski definition) is 0. The van der Waals surface area contributed by atoms with Crippen LogP contribution in [0.3, 0.4) is 0 Å². The van der Waals surface area contributed by atoms with Gasteiger partial charge >= 0.3 is 40.5 Å². The molecule has 0 amide bonds. The molecule has 0 atom stereocenters. The zero-order valence-corrected chi connectivity index (χ0v) is 12.7. The van der Waals surface area contributed by atoms with Crippen molar-refractivity contribution in [2.75, 3.05) is 0 Å². The molecule has 0 aromatic rings. The normalized spacial score (nSPS) is 18.7. The Morgan fingerprint density at radius 1 is 1.10 bits per heavy atom. The summed E-state index contributed by atoms with van der Waals surface area (Å²) in [7, 11) is 0. The Labute approximate surface area is 84.8 Å². The first-order valence-corrected chi connectivity index (χ1v) is 17.8. The Kier molecular flexibility index (Phi) is 10.1. The fraction of sp³-hybridized carbons (Fsp3) is 1.00. The van der Waals surface area contributed by atoms with Crippen molar-refractivity contribution in [2.24, 2.45) is 5.92 Å². The Hall–Kier alpha value is 1.58. The van der Waals surface area contributed by atoms with Gasteiger partial charge in [0.1, 0.15) is 0 Å². The van der Waals surface area contributed by atoms with Gasteiger partial charge in [0.15, 0.2) is 0 Å². The van der Waals surface area contributed by atoms with Gasteiger partial charge < -0.3 is 0 Å². The summed E-state index contributed by atoms with van der Waals surface area (Å²) in [5, 5.41) is 0. The van der Waals surface area contributed by atoms with E-state index in [1.54, 1.807) is 0 Å². The van der Waals surface area contributed by atoms with Crippen molar-refractivity contribution >= 4 is 27.2 Å². The topological polar surface area (TPSA) is 0 Å². The molecular weight excluding hydrogens is 309 g/mol. The van der Waals surface area contributed by atoms with E-state index in [2.05, 4.69) is 34.2 Å². The minimum absolute atomic E-state index is 0.250. The average molecular weight is 323 g/mol. The molecule has 1 aliphatic rings. The maximum absolute atomic E-state index is 3.25. The van der Waals surface area contributed by atoms with E-state index in [1.165, 1.54) is 32.1 Å². The molecule has 0 unspecified atom stereocenters. The molecule has 0 aromatic heterocycles. The summed E-state index contributed by atoms with van der Waals surface area (Å²) in [6.07, 6.45) is 7.44. The van der Waals surface area contributed by atoms with E-state index in [4.69, 9.17) is 0 Å². The number of rotatable bonds is 0. The summed E-state index contributed by atoms with van der Waals surface area (Å²) in [4.78, 5) is 0. The first-order chi connectivity index (χ1) is 4.81. The predicted molar refractivity (Wildman–Crippen MR) is 50.1 cm³/mol. The predicted octanol–water partition coefficient (Wildman–Crippen LogP) is 4.28. The fourth-order valence-corrected chi connectivity index (χ4v) is 1.31. The molecule has 0 bridgehead atoms. The van der Waals surface area contributed by atoms with Gasteiger partial charge in [0, 0.05) is 0 Å². The molecule has 10 heavy (non-hydrogen) atoms. The average Bonchev–Trinajstić information content (AvgIpc) is 1.91. The van der Waals surface area contributed by atoms with Crippen LogP contribution in [0.1, 0.15) is 39.0 Å². The second-order valence-electron chi connectivity index (χ2n) is 2.84. The van der Waals surface area contributed by atoms with Gasteiger partial charge in [-0.25, -0.2) is 0 Å². The summed E-state index contributed by atoms with van der Waals surface area (Å²) in [6.45, 7) is 2.36. The molecule has 1 aliphatic carbocycles. The second kappa shape index (κ2) is 8.68. The molecule has 58 valence electrons. The third kappa shape index (κ3) is 7.69. The van der Waals surface area contributed by atoms with Crippen molar-refractivity contribution in [2.45, 2.75) is 39.0 Å². The summed E-state index contributed by atoms with van der Waals surface area (Å²) in [5.41, 5.74) is 0. The molecular formula is C7H14Br2Zn. The van der Waals surface area contributed by atoms with Crippen molar-refractivity contribution in [1.29, 1.82) is 0 Å². The molecule has 0 spiro atoms. The zero-order chi connectivity index (χ0) is 7.82. The fourth-order valence-electron chi connectivity index (χ4n) is 1.31. The van der Waals surface area contributed by atoms with Crippen LogP contribution in [0.4, 0.5) is 0 Å². The maximum atomic E-state index is 3.25. The van der Waals surface area contributed by atoms with Gasteiger partial charge in [-0.3, -0.25) is 0 Å². The van der Waals surface area contributed by atoms with E-state index in [0.29, 0.717) is 0 Å². The Balaban J connectivity index is 0.000000236. The molecule has 0 aliphatic heterocycles. The van der Waals surface area contributed by atoms with Crippen molar-refractivity contribution in [3.8, 4) is 0 Å².